The molecule has 1 N–H and O–H groups in total. The highest BCUT2D eigenvalue weighted by atomic mass is 32.2. The quantitative estimate of drug-likeness (QED) is 0.207. The van der Waals surface area contributed by atoms with Crippen molar-refractivity contribution in [2.75, 3.05) is 24.5 Å². The zero-order valence-electron chi connectivity index (χ0n) is 19.4. The molecule has 0 aliphatic carbocycles. The van der Waals surface area contributed by atoms with Gasteiger partial charge in [-0.05, 0) is 44.5 Å². The van der Waals surface area contributed by atoms with E-state index in [-0.39, 0.29) is 35.7 Å². The minimum atomic E-state index is -0.269. The van der Waals surface area contributed by atoms with Crippen molar-refractivity contribution >= 4 is 45.4 Å². The first-order chi connectivity index (χ1) is 17.0. The number of benzene rings is 2. The predicted octanol–water partition coefficient (Wildman–Crippen LogP) is 4.42. The van der Waals surface area contributed by atoms with Crippen LogP contribution in [0.5, 0.6) is 11.5 Å². The lowest BCUT2D eigenvalue weighted by Crippen LogP contribution is -2.24. The summed E-state index contributed by atoms with van der Waals surface area (Å²) in [7, 11) is 0. The third-order valence-corrected chi connectivity index (χ3v) is 6.39. The Morgan fingerprint density at radius 3 is 2.89 bits per heavy atom. The standard InChI is InChI=1S/C25H25N3O6S/c1-15(2)31-11-5-10-28-24(30)23-22(17-6-3-4-7-18(17)34-23)27-25(28)35-13-21(29)26-16-8-9-19-20(12-16)33-14-32-19/h3-4,6-9,12,15H,5,10-11,13-14H2,1-2H3,(H,26,29). The molecule has 2 aromatic heterocycles. The van der Waals surface area contributed by atoms with Crippen LogP contribution in [0.25, 0.3) is 22.1 Å². The number of hydrogen-bond donors (Lipinski definition) is 1. The van der Waals surface area contributed by atoms with Gasteiger partial charge in [-0.1, -0.05) is 23.9 Å². The predicted molar refractivity (Wildman–Crippen MR) is 133 cm³/mol. The maximum Gasteiger partial charge on any atom is 0.297 e. The van der Waals surface area contributed by atoms with Crippen molar-refractivity contribution in [3.05, 3.63) is 52.8 Å². The van der Waals surface area contributed by atoms with Crippen LogP contribution in [0.15, 0.2) is 56.8 Å². The summed E-state index contributed by atoms with van der Waals surface area (Å²) in [6.07, 6.45) is 0.735. The number of rotatable bonds is 9. The van der Waals surface area contributed by atoms with Crippen molar-refractivity contribution in [2.45, 2.75) is 38.1 Å². The van der Waals surface area contributed by atoms with Crippen LogP contribution in [-0.4, -0.2) is 40.7 Å². The summed E-state index contributed by atoms with van der Waals surface area (Å²) in [6.45, 7) is 5.01. The Hall–Kier alpha value is -3.50. The fourth-order valence-corrected chi connectivity index (χ4v) is 4.62. The molecule has 1 aliphatic heterocycles. The summed E-state index contributed by atoms with van der Waals surface area (Å²) in [5, 5.41) is 4.08. The molecule has 10 heteroatoms. The monoisotopic (exact) mass is 495 g/mol. The van der Waals surface area contributed by atoms with E-state index in [0.717, 1.165) is 5.39 Å². The Labute approximate surface area is 205 Å². The largest absolute Gasteiger partial charge is 0.454 e. The molecule has 3 heterocycles. The van der Waals surface area contributed by atoms with Gasteiger partial charge in [0.1, 0.15) is 11.1 Å². The number of nitrogens with one attached hydrogen (secondary N) is 1. The van der Waals surface area contributed by atoms with Gasteiger partial charge in [-0.2, -0.15) is 0 Å². The van der Waals surface area contributed by atoms with Gasteiger partial charge in [0.25, 0.3) is 5.56 Å². The summed E-state index contributed by atoms with van der Waals surface area (Å²) in [5.74, 6) is 1.08. The maximum absolute atomic E-state index is 13.3. The number of hydrogen-bond acceptors (Lipinski definition) is 8. The Kier molecular flexibility index (Phi) is 6.65. The maximum atomic E-state index is 13.3. The van der Waals surface area contributed by atoms with Gasteiger partial charge in [0.15, 0.2) is 16.7 Å². The minimum absolute atomic E-state index is 0.0741. The summed E-state index contributed by atoms with van der Waals surface area (Å²) >= 11 is 1.21. The van der Waals surface area contributed by atoms with E-state index in [2.05, 4.69) is 5.32 Å². The lowest BCUT2D eigenvalue weighted by atomic mass is 10.2. The fourth-order valence-electron chi connectivity index (χ4n) is 3.80. The van der Waals surface area contributed by atoms with E-state index in [1.54, 1.807) is 22.8 Å². The lowest BCUT2D eigenvalue weighted by molar-refractivity contribution is -0.113. The van der Waals surface area contributed by atoms with Crippen molar-refractivity contribution < 1.29 is 23.4 Å². The third kappa shape index (κ3) is 4.98. The molecule has 2 aromatic carbocycles. The average Bonchev–Trinajstić information content (AvgIpc) is 3.46. The molecule has 182 valence electrons. The Morgan fingerprint density at radius 2 is 2.03 bits per heavy atom. The van der Waals surface area contributed by atoms with Crippen LogP contribution >= 0.6 is 11.8 Å². The Balaban J connectivity index is 1.38. The highest BCUT2D eigenvalue weighted by Gasteiger charge is 2.19. The second-order valence-electron chi connectivity index (χ2n) is 8.31. The van der Waals surface area contributed by atoms with Crippen molar-refractivity contribution in [3.8, 4) is 11.5 Å². The van der Waals surface area contributed by atoms with Crippen molar-refractivity contribution in [3.63, 3.8) is 0 Å². The SMILES string of the molecule is CC(C)OCCCn1c(SCC(=O)Nc2ccc3c(c2)OCO3)nc2c(oc3ccccc32)c1=O. The molecule has 9 nitrogen and oxygen atoms in total. The molecule has 0 atom stereocenters. The van der Waals surface area contributed by atoms with Gasteiger partial charge in [-0.3, -0.25) is 14.2 Å². The van der Waals surface area contributed by atoms with Crippen LogP contribution in [0.3, 0.4) is 0 Å². The summed E-state index contributed by atoms with van der Waals surface area (Å²) in [5.41, 5.74) is 1.65. The molecule has 0 radical (unpaired) electrons. The summed E-state index contributed by atoms with van der Waals surface area (Å²) < 4.78 is 23.7. The first kappa shape index (κ1) is 23.3. The number of thioether (sulfide) groups is 1. The number of aromatic nitrogens is 2. The van der Waals surface area contributed by atoms with Crippen LogP contribution in [0.2, 0.25) is 0 Å². The number of anilines is 1. The van der Waals surface area contributed by atoms with Crippen molar-refractivity contribution in [1.29, 1.82) is 0 Å². The number of carbonyl (C=O) groups is 1. The Bertz CT molecular complexity index is 1440. The number of furan rings is 1. The highest BCUT2D eigenvalue weighted by Crippen LogP contribution is 2.34. The van der Waals surface area contributed by atoms with E-state index in [4.69, 9.17) is 23.6 Å². The van der Waals surface area contributed by atoms with Crippen LogP contribution in [0.4, 0.5) is 5.69 Å². The molecule has 0 saturated carbocycles. The molecule has 35 heavy (non-hydrogen) atoms. The summed E-state index contributed by atoms with van der Waals surface area (Å²) in [6, 6.07) is 12.6. The zero-order valence-corrected chi connectivity index (χ0v) is 20.2. The first-order valence-electron chi connectivity index (χ1n) is 11.4. The van der Waals surface area contributed by atoms with E-state index in [1.165, 1.54) is 11.8 Å². The smallest absolute Gasteiger partial charge is 0.297 e. The topological polar surface area (TPSA) is 105 Å². The average molecular weight is 496 g/mol. The van der Waals surface area contributed by atoms with Gasteiger partial charge in [0.2, 0.25) is 18.3 Å². The fraction of sp³-hybridized carbons (Fsp3) is 0.320. The number of carbonyl (C=O) groups excluding carboxylic acids is 1. The van der Waals surface area contributed by atoms with Gasteiger partial charge in [0, 0.05) is 30.3 Å². The molecule has 0 bridgehead atoms. The third-order valence-electron chi connectivity index (χ3n) is 5.41. The zero-order chi connectivity index (χ0) is 24.4. The van der Waals surface area contributed by atoms with Crippen LogP contribution in [-0.2, 0) is 16.1 Å². The minimum Gasteiger partial charge on any atom is -0.454 e. The van der Waals surface area contributed by atoms with Crippen LogP contribution < -0.4 is 20.3 Å². The number of fused-ring (bicyclic) bond motifs is 4. The van der Waals surface area contributed by atoms with Gasteiger partial charge < -0.3 is 23.9 Å². The number of ether oxygens (including phenoxy) is 3. The van der Waals surface area contributed by atoms with E-state index in [1.807, 2.05) is 38.1 Å². The molecular formula is C25H25N3O6S. The molecule has 0 saturated heterocycles. The number of nitrogens with zero attached hydrogens (tertiary/aromatic N) is 2. The molecular weight excluding hydrogens is 470 g/mol. The van der Waals surface area contributed by atoms with Crippen LogP contribution in [0, 0.1) is 0 Å². The second kappa shape index (κ2) is 10.0. The van der Waals surface area contributed by atoms with Gasteiger partial charge in [0.05, 0.1) is 11.9 Å². The number of para-hydroxylation sites is 1. The first-order valence-corrected chi connectivity index (χ1v) is 12.3. The highest BCUT2D eigenvalue weighted by molar-refractivity contribution is 7.99. The molecule has 0 spiro atoms. The van der Waals surface area contributed by atoms with E-state index in [9.17, 15) is 9.59 Å². The van der Waals surface area contributed by atoms with E-state index < -0.39 is 0 Å². The van der Waals surface area contributed by atoms with E-state index >= 15 is 0 Å². The van der Waals surface area contributed by atoms with E-state index in [0.29, 0.717) is 53.0 Å². The normalized spacial score (nSPS) is 12.7. The lowest BCUT2D eigenvalue weighted by Gasteiger charge is -2.13. The number of amides is 1. The molecule has 5 rings (SSSR count). The molecule has 0 fully saturated rings. The van der Waals surface area contributed by atoms with Gasteiger partial charge in [-0.25, -0.2) is 4.98 Å². The molecule has 4 aromatic rings. The molecule has 1 aliphatic rings. The van der Waals surface area contributed by atoms with Crippen LogP contribution in [0.1, 0.15) is 20.3 Å². The molecule has 0 unspecified atom stereocenters. The molecule has 1 amide bonds. The van der Waals surface area contributed by atoms with Gasteiger partial charge >= 0.3 is 0 Å². The van der Waals surface area contributed by atoms with Gasteiger partial charge in [-0.15, -0.1) is 0 Å². The van der Waals surface area contributed by atoms with Crippen molar-refractivity contribution in [1.82, 2.24) is 9.55 Å². The Morgan fingerprint density at radius 1 is 1.20 bits per heavy atom. The second-order valence-corrected chi connectivity index (χ2v) is 9.25. The van der Waals surface area contributed by atoms with Crippen molar-refractivity contribution in [2.24, 2.45) is 0 Å². The summed E-state index contributed by atoms with van der Waals surface area (Å²) in [4.78, 5) is 30.8.